The van der Waals surface area contributed by atoms with Gasteiger partial charge >= 0.3 is 0 Å². The third kappa shape index (κ3) is 7.96. The maximum Gasteiger partial charge on any atom is 0.193 e. The highest BCUT2D eigenvalue weighted by atomic mass is 127. The highest BCUT2D eigenvalue weighted by Gasteiger charge is 2.08. The van der Waals surface area contributed by atoms with Crippen LogP contribution < -0.4 is 14.8 Å². The molecular formula is C21H29FIN3O3. The molecule has 2 N–H and O–H groups in total. The Bertz CT molecular complexity index is 790. The summed E-state index contributed by atoms with van der Waals surface area (Å²) in [4.78, 5) is 6.52. The van der Waals surface area contributed by atoms with Gasteiger partial charge in [0.05, 0.1) is 13.7 Å². The number of phenols is 1. The standard InChI is InChI=1S/C21H28FN3O3.HI/c1-4-23-21(24-12-11-16-9-10-17(27-3)15-19(16)26)25(2)13-14-28-20-8-6-5-7-18(20)22;/h5-10,15,26H,4,11-14H2,1-3H3,(H,23,24);1H. The number of likely N-dealkylation sites (N-methyl/N-ethyl adjacent to an activating group) is 1. The van der Waals surface area contributed by atoms with Gasteiger partial charge in [-0.15, -0.1) is 24.0 Å². The molecule has 2 aromatic rings. The van der Waals surface area contributed by atoms with Crippen LogP contribution in [0.25, 0.3) is 0 Å². The van der Waals surface area contributed by atoms with Gasteiger partial charge < -0.3 is 24.8 Å². The molecule has 0 heterocycles. The zero-order valence-corrected chi connectivity index (χ0v) is 19.4. The molecule has 0 aliphatic carbocycles. The average molecular weight is 517 g/mol. The number of methoxy groups -OCH3 is 1. The summed E-state index contributed by atoms with van der Waals surface area (Å²) < 4.78 is 24.2. The van der Waals surface area contributed by atoms with Gasteiger partial charge in [0.1, 0.15) is 18.1 Å². The van der Waals surface area contributed by atoms with Crippen molar-refractivity contribution in [3.05, 3.63) is 53.8 Å². The summed E-state index contributed by atoms with van der Waals surface area (Å²) in [5.74, 6) is 1.42. The number of nitrogens with zero attached hydrogens (tertiary/aromatic N) is 2. The number of guanidine groups is 1. The molecule has 0 aliphatic heterocycles. The number of hydrogen-bond donors (Lipinski definition) is 2. The van der Waals surface area contributed by atoms with Gasteiger partial charge in [0.25, 0.3) is 0 Å². The number of benzene rings is 2. The number of nitrogens with one attached hydrogen (secondary N) is 1. The summed E-state index contributed by atoms with van der Waals surface area (Å²) in [7, 11) is 3.46. The van der Waals surface area contributed by atoms with Crippen LogP contribution in [0.1, 0.15) is 12.5 Å². The minimum Gasteiger partial charge on any atom is -0.508 e. The van der Waals surface area contributed by atoms with Crippen molar-refractivity contribution >= 4 is 29.9 Å². The van der Waals surface area contributed by atoms with Crippen molar-refractivity contribution in [2.75, 3.05) is 40.4 Å². The van der Waals surface area contributed by atoms with Crippen LogP contribution in [-0.2, 0) is 6.42 Å². The van der Waals surface area contributed by atoms with E-state index in [0.717, 1.165) is 18.1 Å². The van der Waals surface area contributed by atoms with Gasteiger partial charge in [-0.2, -0.15) is 0 Å². The van der Waals surface area contributed by atoms with Crippen molar-refractivity contribution in [1.82, 2.24) is 10.2 Å². The fourth-order valence-electron chi connectivity index (χ4n) is 2.59. The van der Waals surface area contributed by atoms with E-state index in [-0.39, 0.29) is 41.3 Å². The van der Waals surface area contributed by atoms with Crippen molar-refractivity contribution < 1.29 is 19.0 Å². The summed E-state index contributed by atoms with van der Waals surface area (Å²) >= 11 is 0. The molecule has 0 saturated heterocycles. The Labute approximate surface area is 188 Å². The van der Waals surface area contributed by atoms with E-state index < -0.39 is 0 Å². The zero-order chi connectivity index (χ0) is 20.4. The summed E-state index contributed by atoms with van der Waals surface area (Å²) in [6.07, 6.45) is 0.601. The molecule has 2 aromatic carbocycles. The van der Waals surface area contributed by atoms with Crippen LogP contribution in [0, 0.1) is 5.82 Å². The largest absolute Gasteiger partial charge is 0.508 e. The summed E-state index contributed by atoms with van der Waals surface area (Å²) in [5.41, 5.74) is 0.811. The van der Waals surface area contributed by atoms with Crippen LogP contribution in [0.15, 0.2) is 47.5 Å². The van der Waals surface area contributed by atoms with Gasteiger partial charge in [-0.25, -0.2) is 4.39 Å². The van der Waals surface area contributed by atoms with Gasteiger partial charge in [-0.05, 0) is 37.1 Å². The Balaban J connectivity index is 0.00000420. The van der Waals surface area contributed by atoms with E-state index in [2.05, 4.69) is 10.3 Å². The van der Waals surface area contributed by atoms with Crippen molar-refractivity contribution in [2.24, 2.45) is 4.99 Å². The highest BCUT2D eigenvalue weighted by Crippen LogP contribution is 2.23. The Kier molecular flexibility index (Phi) is 11.2. The molecule has 0 aromatic heterocycles. The minimum absolute atomic E-state index is 0. The lowest BCUT2D eigenvalue weighted by Gasteiger charge is -2.22. The Morgan fingerprint density at radius 1 is 1.24 bits per heavy atom. The smallest absolute Gasteiger partial charge is 0.193 e. The molecule has 0 fully saturated rings. The summed E-state index contributed by atoms with van der Waals surface area (Å²) in [6, 6.07) is 11.6. The number of aromatic hydroxyl groups is 1. The Hall–Kier alpha value is -2.23. The number of hydrogen-bond acceptors (Lipinski definition) is 4. The molecule has 0 saturated carbocycles. The average Bonchev–Trinajstić information content (AvgIpc) is 2.69. The molecule has 6 nitrogen and oxygen atoms in total. The van der Waals surface area contributed by atoms with Crippen molar-refractivity contribution in [1.29, 1.82) is 0 Å². The minimum atomic E-state index is -0.370. The molecular weight excluding hydrogens is 488 g/mol. The van der Waals surface area contributed by atoms with Crippen molar-refractivity contribution in [2.45, 2.75) is 13.3 Å². The summed E-state index contributed by atoms with van der Waals surface area (Å²) in [5, 5.41) is 13.3. The lowest BCUT2D eigenvalue weighted by molar-refractivity contribution is 0.270. The molecule has 0 amide bonds. The van der Waals surface area contributed by atoms with Gasteiger partial charge in [0.15, 0.2) is 17.5 Å². The summed E-state index contributed by atoms with van der Waals surface area (Å²) in [6.45, 7) is 4.12. The second kappa shape index (κ2) is 13.1. The molecule has 0 unspecified atom stereocenters. The molecule has 2 rings (SSSR count). The highest BCUT2D eigenvalue weighted by molar-refractivity contribution is 14.0. The fraction of sp³-hybridized carbons (Fsp3) is 0.381. The number of aliphatic imine (C=N–C) groups is 1. The second-order valence-electron chi connectivity index (χ2n) is 6.18. The maximum absolute atomic E-state index is 13.6. The SMILES string of the molecule is CCNC(=NCCc1ccc(OC)cc1O)N(C)CCOc1ccccc1F.I. The predicted molar refractivity (Wildman–Crippen MR) is 124 cm³/mol. The van der Waals surface area contributed by atoms with E-state index in [0.29, 0.717) is 31.9 Å². The molecule has 29 heavy (non-hydrogen) atoms. The molecule has 0 spiro atoms. The number of ether oxygens (including phenoxy) is 2. The van der Waals surface area contributed by atoms with Crippen LogP contribution >= 0.6 is 24.0 Å². The number of para-hydroxylation sites is 1. The molecule has 0 aliphatic rings. The predicted octanol–water partition coefficient (Wildman–Crippen LogP) is 3.68. The molecule has 160 valence electrons. The first-order valence-electron chi connectivity index (χ1n) is 9.27. The fourth-order valence-corrected chi connectivity index (χ4v) is 2.59. The first-order valence-corrected chi connectivity index (χ1v) is 9.27. The molecule has 0 atom stereocenters. The number of phenolic OH excluding ortho intramolecular Hbond substituents is 1. The van der Waals surface area contributed by atoms with Crippen LogP contribution in [0.3, 0.4) is 0 Å². The molecule has 0 radical (unpaired) electrons. The van der Waals surface area contributed by atoms with Crippen LogP contribution in [0.2, 0.25) is 0 Å². The first kappa shape index (κ1) is 24.8. The molecule has 0 bridgehead atoms. The van der Waals surface area contributed by atoms with Gasteiger partial charge in [-0.3, -0.25) is 4.99 Å². The van der Waals surface area contributed by atoms with E-state index in [1.54, 1.807) is 31.4 Å². The van der Waals surface area contributed by atoms with E-state index in [1.807, 2.05) is 31.0 Å². The zero-order valence-electron chi connectivity index (χ0n) is 17.0. The lowest BCUT2D eigenvalue weighted by atomic mass is 10.1. The Morgan fingerprint density at radius 2 is 2.00 bits per heavy atom. The van der Waals surface area contributed by atoms with E-state index in [1.165, 1.54) is 6.07 Å². The Morgan fingerprint density at radius 3 is 2.66 bits per heavy atom. The monoisotopic (exact) mass is 517 g/mol. The van der Waals surface area contributed by atoms with Crippen LogP contribution in [-0.4, -0.2) is 56.4 Å². The topological polar surface area (TPSA) is 66.3 Å². The quantitative estimate of drug-likeness (QED) is 0.302. The third-order valence-corrected chi connectivity index (χ3v) is 4.15. The van der Waals surface area contributed by atoms with Crippen molar-refractivity contribution in [3.63, 3.8) is 0 Å². The maximum atomic E-state index is 13.6. The van der Waals surface area contributed by atoms with E-state index in [4.69, 9.17) is 9.47 Å². The van der Waals surface area contributed by atoms with Gasteiger partial charge in [0, 0.05) is 26.2 Å². The van der Waals surface area contributed by atoms with Gasteiger partial charge in [-0.1, -0.05) is 18.2 Å². The normalized spacial score (nSPS) is 10.8. The lowest BCUT2D eigenvalue weighted by Crippen LogP contribution is -2.41. The van der Waals surface area contributed by atoms with Crippen LogP contribution in [0.5, 0.6) is 17.2 Å². The second-order valence-corrected chi connectivity index (χ2v) is 6.18. The first-order chi connectivity index (χ1) is 13.5. The van der Waals surface area contributed by atoms with E-state index >= 15 is 0 Å². The third-order valence-electron chi connectivity index (χ3n) is 4.15. The van der Waals surface area contributed by atoms with E-state index in [9.17, 15) is 9.50 Å². The van der Waals surface area contributed by atoms with Gasteiger partial charge in [0.2, 0.25) is 0 Å². The molecule has 8 heteroatoms. The van der Waals surface area contributed by atoms with Crippen molar-refractivity contribution in [3.8, 4) is 17.2 Å². The number of halogens is 2. The number of rotatable bonds is 9. The van der Waals surface area contributed by atoms with Crippen LogP contribution in [0.4, 0.5) is 4.39 Å².